The first-order valence-corrected chi connectivity index (χ1v) is 9.81. The summed E-state index contributed by atoms with van der Waals surface area (Å²) in [6, 6.07) is 8.17. The van der Waals surface area contributed by atoms with Crippen LogP contribution in [-0.2, 0) is 16.0 Å². The van der Waals surface area contributed by atoms with Crippen molar-refractivity contribution in [2.24, 2.45) is 0 Å². The third kappa shape index (κ3) is 3.97. The molecule has 0 saturated carbocycles. The number of hydrogen-bond donors (Lipinski definition) is 0. The summed E-state index contributed by atoms with van der Waals surface area (Å²) in [5, 5.41) is 12.3. The van der Waals surface area contributed by atoms with Gasteiger partial charge in [0, 0.05) is 42.3 Å². The van der Waals surface area contributed by atoms with Crippen LogP contribution in [0, 0.1) is 6.92 Å². The molecule has 26 heavy (non-hydrogen) atoms. The van der Waals surface area contributed by atoms with E-state index in [1.165, 1.54) is 0 Å². The van der Waals surface area contributed by atoms with E-state index in [1.807, 2.05) is 31.3 Å². The van der Waals surface area contributed by atoms with Crippen LogP contribution in [0.4, 0.5) is 0 Å². The van der Waals surface area contributed by atoms with Crippen LogP contribution in [0.25, 0.3) is 21.3 Å². The van der Waals surface area contributed by atoms with Gasteiger partial charge in [-0.15, -0.1) is 10.2 Å². The molecular formula is C20H21N3O2S. The number of aromatic nitrogens is 3. The van der Waals surface area contributed by atoms with E-state index in [2.05, 4.69) is 21.2 Å². The van der Waals surface area contributed by atoms with Crippen molar-refractivity contribution in [3.63, 3.8) is 0 Å². The largest absolute Gasteiger partial charge is 0.378 e. The molecule has 1 atom stereocenters. The van der Waals surface area contributed by atoms with Crippen LogP contribution in [0.15, 0.2) is 30.5 Å². The first-order chi connectivity index (χ1) is 12.7. The van der Waals surface area contributed by atoms with Crippen molar-refractivity contribution in [2.45, 2.75) is 45.1 Å². The summed E-state index contributed by atoms with van der Waals surface area (Å²) in [4.78, 5) is 16.8. The topological polar surface area (TPSA) is 65.0 Å². The molecule has 1 saturated heterocycles. The molecule has 0 spiro atoms. The molecule has 0 aliphatic carbocycles. The summed E-state index contributed by atoms with van der Waals surface area (Å²) in [6.45, 7) is 2.73. The van der Waals surface area contributed by atoms with Crippen molar-refractivity contribution >= 4 is 27.9 Å². The first kappa shape index (κ1) is 17.2. The van der Waals surface area contributed by atoms with Crippen molar-refractivity contribution in [1.29, 1.82) is 0 Å². The van der Waals surface area contributed by atoms with Crippen LogP contribution in [0.2, 0.25) is 0 Å². The zero-order valence-corrected chi connectivity index (χ0v) is 15.6. The SMILES string of the molecule is Cc1nnc(-c2ccc3cnc(CC(=O)CC4CCCCO4)cc3c2)s1. The monoisotopic (exact) mass is 367 g/mol. The Morgan fingerprint density at radius 1 is 1.23 bits per heavy atom. The predicted octanol–water partition coefficient (Wildman–Crippen LogP) is 4.13. The molecular weight excluding hydrogens is 346 g/mol. The van der Waals surface area contributed by atoms with Gasteiger partial charge < -0.3 is 4.74 Å². The van der Waals surface area contributed by atoms with Crippen molar-refractivity contribution in [3.05, 3.63) is 41.2 Å². The number of benzene rings is 1. The minimum absolute atomic E-state index is 0.0870. The molecule has 0 N–H and O–H groups in total. The molecule has 1 aliphatic heterocycles. The van der Waals surface area contributed by atoms with Gasteiger partial charge in [0.25, 0.3) is 0 Å². The van der Waals surface area contributed by atoms with E-state index in [4.69, 9.17) is 4.74 Å². The second-order valence-corrected chi connectivity index (χ2v) is 7.95. The van der Waals surface area contributed by atoms with Gasteiger partial charge in [0.1, 0.15) is 15.8 Å². The Bertz CT molecular complexity index is 932. The number of ether oxygens (including phenoxy) is 1. The molecule has 6 heteroatoms. The number of carbonyl (C=O) groups excluding carboxylic acids is 1. The van der Waals surface area contributed by atoms with Gasteiger partial charge in [0.15, 0.2) is 0 Å². The average molecular weight is 367 g/mol. The molecule has 0 radical (unpaired) electrons. The van der Waals surface area contributed by atoms with Crippen LogP contribution in [-0.4, -0.2) is 33.7 Å². The van der Waals surface area contributed by atoms with Crippen LogP contribution >= 0.6 is 11.3 Å². The lowest BCUT2D eigenvalue weighted by Gasteiger charge is -2.21. The lowest BCUT2D eigenvalue weighted by molar-refractivity contribution is -0.122. The lowest BCUT2D eigenvalue weighted by atomic mass is 10.0. The molecule has 3 aromatic rings. The van der Waals surface area contributed by atoms with Gasteiger partial charge in [-0.05, 0) is 43.7 Å². The number of hydrogen-bond acceptors (Lipinski definition) is 6. The second kappa shape index (κ2) is 7.60. The van der Waals surface area contributed by atoms with E-state index >= 15 is 0 Å². The Balaban J connectivity index is 1.51. The van der Waals surface area contributed by atoms with E-state index in [1.54, 1.807) is 11.3 Å². The maximum Gasteiger partial charge on any atom is 0.147 e. The molecule has 0 amide bonds. The fourth-order valence-electron chi connectivity index (χ4n) is 3.33. The zero-order chi connectivity index (χ0) is 17.9. The number of ketones is 1. The van der Waals surface area contributed by atoms with E-state index < -0.39 is 0 Å². The van der Waals surface area contributed by atoms with Gasteiger partial charge in [-0.25, -0.2) is 0 Å². The van der Waals surface area contributed by atoms with Gasteiger partial charge in [-0.2, -0.15) is 0 Å². The Morgan fingerprint density at radius 2 is 2.15 bits per heavy atom. The number of pyridine rings is 1. The Morgan fingerprint density at radius 3 is 2.92 bits per heavy atom. The maximum absolute atomic E-state index is 12.4. The normalized spacial score (nSPS) is 17.5. The van der Waals surface area contributed by atoms with E-state index in [-0.39, 0.29) is 11.9 Å². The molecule has 4 rings (SSSR count). The molecule has 2 aromatic heterocycles. The number of Topliss-reactive ketones (excluding diaryl/α,β-unsaturated/α-hetero) is 1. The fraction of sp³-hybridized carbons (Fsp3) is 0.400. The highest BCUT2D eigenvalue weighted by atomic mass is 32.1. The van der Waals surface area contributed by atoms with Gasteiger partial charge >= 0.3 is 0 Å². The van der Waals surface area contributed by atoms with Crippen molar-refractivity contribution in [2.75, 3.05) is 6.61 Å². The molecule has 134 valence electrons. The molecule has 1 unspecified atom stereocenters. The molecule has 3 heterocycles. The number of carbonyl (C=O) groups is 1. The van der Waals surface area contributed by atoms with Crippen LogP contribution in [0.1, 0.15) is 36.4 Å². The number of rotatable bonds is 5. The maximum atomic E-state index is 12.4. The molecule has 1 aromatic carbocycles. The summed E-state index contributed by atoms with van der Waals surface area (Å²) < 4.78 is 5.67. The average Bonchev–Trinajstić information content (AvgIpc) is 3.08. The Labute approximate surface area is 156 Å². The minimum Gasteiger partial charge on any atom is -0.378 e. The summed E-state index contributed by atoms with van der Waals surface area (Å²) in [5.41, 5.74) is 1.85. The minimum atomic E-state index is 0.0870. The number of nitrogens with zero attached hydrogens (tertiary/aromatic N) is 3. The highest BCUT2D eigenvalue weighted by Crippen LogP contribution is 2.27. The number of fused-ring (bicyclic) bond motifs is 1. The zero-order valence-electron chi connectivity index (χ0n) is 14.8. The third-order valence-corrected chi connectivity index (χ3v) is 5.55. The standard InChI is InChI=1S/C20H21N3O2S/c1-13-22-23-20(26-13)14-5-6-15-12-21-17(9-16(15)8-14)10-18(24)11-19-4-2-3-7-25-19/h5-6,8-9,12,19H,2-4,7,10-11H2,1H3. The van der Waals surface area contributed by atoms with Gasteiger partial charge in [-0.3, -0.25) is 9.78 Å². The Hall–Kier alpha value is -2.18. The highest BCUT2D eigenvalue weighted by Gasteiger charge is 2.18. The predicted molar refractivity (Wildman–Crippen MR) is 102 cm³/mol. The van der Waals surface area contributed by atoms with Gasteiger partial charge in [0.2, 0.25) is 0 Å². The molecule has 0 bridgehead atoms. The van der Waals surface area contributed by atoms with E-state index in [9.17, 15) is 4.79 Å². The molecule has 1 fully saturated rings. The lowest BCUT2D eigenvalue weighted by Crippen LogP contribution is -2.23. The fourth-order valence-corrected chi connectivity index (χ4v) is 4.01. The molecule has 5 nitrogen and oxygen atoms in total. The van der Waals surface area contributed by atoms with E-state index in [0.717, 1.165) is 57.9 Å². The van der Waals surface area contributed by atoms with Crippen LogP contribution in [0.5, 0.6) is 0 Å². The summed E-state index contributed by atoms with van der Waals surface area (Å²) in [5.74, 6) is 0.194. The van der Waals surface area contributed by atoms with Crippen molar-refractivity contribution in [3.8, 4) is 10.6 Å². The third-order valence-electron chi connectivity index (χ3n) is 4.66. The van der Waals surface area contributed by atoms with Gasteiger partial charge in [-0.1, -0.05) is 23.5 Å². The van der Waals surface area contributed by atoms with Crippen LogP contribution in [0.3, 0.4) is 0 Å². The number of aryl methyl sites for hydroxylation is 1. The first-order valence-electron chi connectivity index (χ1n) is 9.00. The highest BCUT2D eigenvalue weighted by molar-refractivity contribution is 7.14. The van der Waals surface area contributed by atoms with Crippen LogP contribution < -0.4 is 0 Å². The quantitative estimate of drug-likeness (QED) is 0.678. The summed E-state index contributed by atoms with van der Waals surface area (Å²) >= 11 is 1.58. The smallest absolute Gasteiger partial charge is 0.147 e. The van der Waals surface area contributed by atoms with Crippen molar-refractivity contribution < 1.29 is 9.53 Å². The second-order valence-electron chi connectivity index (χ2n) is 6.77. The van der Waals surface area contributed by atoms with Crippen molar-refractivity contribution in [1.82, 2.24) is 15.2 Å². The summed E-state index contributed by atoms with van der Waals surface area (Å²) in [7, 11) is 0. The van der Waals surface area contributed by atoms with E-state index in [0.29, 0.717) is 12.8 Å². The summed E-state index contributed by atoms with van der Waals surface area (Å²) in [6.07, 6.45) is 6.02. The molecule has 1 aliphatic rings. The Kier molecular flexibility index (Phi) is 5.04. The van der Waals surface area contributed by atoms with Gasteiger partial charge in [0.05, 0.1) is 6.10 Å².